The summed E-state index contributed by atoms with van der Waals surface area (Å²) in [4.78, 5) is 11.3. The second kappa shape index (κ2) is 4.93. The van der Waals surface area contributed by atoms with Crippen LogP contribution in [0.15, 0.2) is 6.20 Å². The van der Waals surface area contributed by atoms with Crippen molar-refractivity contribution < 1.29 is 4.79 Å². The minimum Gasteiger partial charge on any atom is -0.352 e. The SMILES string of the molecule is Cc1nn(C)cc1CNC(=O)CC(C)N. The standard InChI is InChI=1S/C10H18N4O/c1-7(11)4-10(15)12-5-9-6-14(3)13-8(9)2/h6-7H,4-5,11H2,1-3H3,(H,12,15). The Kier molecular flexibility index (Phi) is 3.85. The fourth-order valence-corrected chi connectivity index (χ4v) is 1.38. The van der Waals surface area contributed by atoms with E-state index < -0.39 is 0 Å². The zero-order chi connectivity index (χ0) is 11.4. The molecule has 1 rings (SSSR count). The van der Waals surface area contributed by atoms with Crippen LogP contribution in [0.5, 0.6) is 0 Å². The van der Waals surface area contributed by atoms with E-state index in [1.54, 1.807) is 4.68 Å². The van der Waals surface area contributed by atoms with E-state index >= 15 is 0 Å². The highest BCUT2D eigenvalue weighted by molar-refractivity contribution is 5.76. The van der Waals surface area contributed by atoms with Crippen LogP contribution in [0.25, 0.3) is 0 Å². The Morgan fingerprint density at radius 3 is 2.87 bits per heavy atom. The van der Waals surface area contributed by atoms with E-state index in [2.05, 4.69) is 10.4 Å². The molecule has 15 heavy (non-hydrogen) atoms. The maximum atomic E-state index is 11.3. The first kappa shape index (κ1) is 11.7. The van der Waals surface area contributed by atoms with Crippen LogP contribution in [0, 0.1) is 6.92 Å². The molecular weight excluding hydrogens is 192 g/mol. The number of aromatic nitrogens is 2. The van der Waals surface area contributed by atoms with E-state index in [9.17, 15) is 4.79 Å². The summed E-state index contributed by atoms with van der Waals surface area (Å²) < 4.78 is 1.74. The van der Waals surface area contributed by atoms with Gasteiger partial charge in [-0.2, -0.15) is 5.10 Å². The third kappa shape index (κ3) is 3.71. The van der Waals surface area contributed by atoms with Crippen molar-refractivity contribution in [3.8, 4) is 0 Å². The molecule has 5 heteroatoms. The van der Waals surface area contributed by atoms with E-state index in [1.807, 2.05) is 27.1 Å². The van der Waals surface area contributed by atoms with Crippen LogP contribution in [0.2, 0.25) is 0 Å². The summed E-state index contributed by atoms with van der Waals surface area (Å²) in [6.45, 7) is 4.26. The van der Waals surface area contributed by atoms with Gasteiger partial charge in [0.25, 0.3) is 0 Å². The van der Waals surface area contributed by atoms with Crippen LogP contribution in [0.1, 0.15) is 24.6 Å². The summed E-state index contributed by atoms with van der Waals surface area (Å²) in [5, 5.41) is 7.00. The smallest absolute Gasteiger partial charge is 0.221 e. The number of hydrogen-bond acceptors (Lipinski definition) is 3. The first-order valence-electron chi connectivity index (χ1n) is 5.00. The van der Waals surface area contributed by atoms with Crippen LogP contribution < -0.4 is 11.1 Å². The van der Waals surface area contributed by atoms with Crippen molar-refractivity contribution in [3.05, 3.63) is 17.5 Å². The summed E-state index contributed by atoms with van der Waals surface area (Å²) >= 11 is 0. The number of nitrogens with zero attached hydrogens (tertiary/aromatic N) is 2. The summed E-state index contributed by atoms with van der Waals surface area (Å²) in [5.74, 6) is -0.0201. The lowest BCUT2D eigenvalue weighted by atomic mass is 10.2. The fourth-order valence-electron chi connectivity index (χ4n) is 1.38. The number of carbonyl (C=O) groups is 1. The van der Waals surface area contributed by atoms with Crippen molar-refractivity contribution in [2.75, 3.05) is 0 Å². The van der Waals surface area contributed by atoms with Crippen molar-refractivity contribution in [2.24, 2.45) is 12.8 Å². The van der Waals surface area contributed by atoms with Gasteiger partial charge in [-0.1, -0.05) is 0 Å². The van der Waals surface area contributed by atoms with Gasteiger partial charge in [-0.25, -0.2) is 0 Å². The van der Waals surface area contributed by atoms with Crippen LogP contribution >= 0.6 is 0 Å². The predicted octanol–water partition coefficient (Wildman–Crippen LogP) is 0.0820. The van der Waals surface area contributed by atoms with Crippen LogP contribution in [0.3, 0.4) is 0 Å². The normalized spacial score (nSPS) is 12.5. The third-order valence-electron chi connectivity index (χ3n) is 2.10. The second-order valence-electron chi connectivity index (χ2n) is 3.87. The van der Waals surface area contributed by atoms with Gasteiger partial charge in [0.1, 0.15) is 0 Å². The Labute approximate surface area is 89.6 Å². The Balaban J connectivity index is 2.43. The topological polar surface area (TPSA) is 72.9 Å². The van der Waals surface area contributed by atoms with Gasteiger partial charge >= 0.3 is 0 Å². The molecule has 0 aliphatic carbocycles. The lowest BCUT2D eigenvalue weighted by Crippen LogP contribution is -2.29. The first-order chi connectivity index (χ1) is 6.99. The number of nitrogens with two attached hydrogens (primary N) is 1. The highest BCUT2D eigenvalue weighted by Gasteiger charge is 2.07. The lowest BCUT2D eigenvalue weighted by Gasteiger charge is -2.06. The molecule has 1 unspecified atom stereocenters. The Hall–Kier alpha value is -1.36. The molecule has 5 nitrogen and oxygen atoms in total. The van der Waals surface area contributed by atoms with Gasteiger partial charge in [-0.05, 0) is 13.8 Å². The second-order valence-corrected chi connectivity index (χ2v) is 3.87. The molecule has 0 aliphatic rings. The van der Waals surface area contributed by atoms with Gasteiger partial charge < -0.3 is 11.1 Å². The van der Waals surface area contributed by atoms with E-state index in [0.717, 1.165) is 11.3 Å². The molecule has 0 spiro atoms. The van der Waals surface area contributed by atoms with E-state index in [-0.39, 0.29) is 11.9 Å². The molecule has 1 aromatic heterocycles. The molecule has 0 saturated carbocycles. The maximum absolute atomic E-state index is 11.3. The maximum Gasteiger partial charge on any atom is 0.221 e. The summed E-state index contributed by atoms with van der Waals surface area (Å²) in [5.41, 5.74) is 7.50. The molecule has 1 amide bonds. The van der Waals surface area contributed by atoms with Gasteiger partial charge in [0.2, 0.25) is 5.91 Å². The van der Waals surface area contributed by atoms with E-state index in [1.165, 1.54) is 0 Å². The monoisotopic (exact) mass is 210 g/mol. The van der Waals surface area contributed by atoms with Crippen LogP contribution in [-0.2, 0) is 18.4 Å². The van der Waals surface area contributed by atoms with E-state index in [0.29, 0.717) is 13.0 Å². The molecule has 0 fully saturated rings. The lowest BCUT2D eigenvalue weighted by molar-refractivity contribution is -0.121. The zero-order valence-electron chi connectivity index (χ0n) is 9.45. The minimum atomic E-state index is -0.0972. The highest BCUT2D eigenvalue weighted by atomic mass is 16.1. The molecule has 0 saturated heterocycles. The number of rotatable bonds is 4. The Bertz CT molecular complexity index is 343. The van der Waals surface area contributed by atoms with Crippen molar-refractivity contribution in [1.82, 2.24) is 15.1 Å². The molecule has 0 aliphatic heterocycles. The van der Waals surface area contributed by atoms with Gasteiger partial charge in [-0.15, -0.1) is 0 Å². The average Bonchev–Trinajstić information content (AvgIpc) is 2.40. The molecular formula is C10H18N4O. The van der Waals surface area contributed by atoms with Gasteiger partial charge in [0.05, 0.1) is 5.69 Å². The van der Waals surface area contributed by atoms with Crippen molar-refractivity contribution in [2.45, 2.75) is 32.9 Å². The highest BCUT2D eigenvalue weighted by Crippen LogP contribution is 2.03. The molecule has 0 bridgehead atoms. The molecule has 3 N–H and O–H groups in total. The third-order valence-corrected chi connectivity index (χ3v) is 2.10. The molecule has 1 heterocycles. The Morgan fingerprint density at radius 2 is 2.40 bits per heavy atom. The summed E-state index contributed by atoms with van der Waals surface area (Å²) in [6.07, 6.45) is 2.26. The number of hydrogen-bond donors (Lipinski definition) is 2. The first-order valence-corrected chi connectivity index (χ1v) is 5.00. The van der Waals surface area contributed by atoms with Crippen LogP contribution in [0.4, 0.5) is 0 Å². The van der Waals surface area contributed by atoms with Crippen LogP contribution in [-0.4, -0.2) is 21.7 Å². The number of carbonyl (C=O) groups excluding carboxylic acids is 1. The van der Waals surface area contributed by atoms with Crippen molar-refractivity contribution in [3.63, 3.8) is 0 Å². The largest absolute Gasteiger partial charge is 0.352 e. The number of amides is 1. The Morgan fingerprint density at radius 1 is 1.73 bits per heavy atom. The minimum absolute atomic E-state index is 0.0201. The average molecular weight is 210 g/mol. The number of nitrogens with one attached hydrogen (secondary N) is 1. The van der Waals surface area contributed by atoms with Gasteiger partial charge in [-0.3, -0.25) is 9.48 Å². The predicted molar refractivity (Wildman–Crippen MR) is 58.1 cm³/mol. The molecule has 1 aromatic rings. The molecule has 0 radical (unpaired) electrons. The molecule has 84 valence electrons. The van der Waals surface area contributed by atoms with Gasteiger partial charge in [0.15, 0.2) is 0 Å². The van der Waals surface area contributed by atoms with E-state index in [4.69, 9.17) is 5.73 Å². The summed E-state index contributed by atoms with van der Waals surface area (Å²) in [7, 11) is 1.86. The quantitative estimate of drug-likeness (QED) is 0.739. The zero-order valence-corrected chi connectivity index (χ0v) is 9.45. The fraction of sp³-hybridized carbons (Fsp3) is 0.600. The van der Waals surface area contributed by atoms with Gasteiger partial charge in [0, 0.05) is 37.8 Å². The van der Waals surface area contributed by atoms with Crippen molar-refractivity contribution in [1.29, 1.82) is 0 Å². The number of aryl methyl sites for hydroxylation is 2. The molecule has 0 aromatic carbocycles. The summed E-state index contributed by atoms with van der Waals surface area (Å²) in [6, 6.07) is -0.0972. The molecule has 1 atom stereocenters. The van der Waals surface area contributed by atoms with Crippen molar-refractivity contribution >= 4 is 5.91 Å².